The molecular weight excluding hydrogens is 260 g/mol. The molecule has 1 saturated carbocycles. The van der Waals surface area contributed by atoms with Crippen LogP contribution in [-0.2, 0) is 4.79 Å². The summed E-state index contributed by atoms with van der Waals surface area (Å²) in [5, 5.41) is 19.9. The van der Waals surface area contributed by atoms with Crippen LogP contribution in [0, 0.1) is 5.92 Å². The van der Waals surface area contributed by atoms with Crippen molar-refractivity contribution in [2.24, 2.45) is 5.92 Å². The lowest BCUT2D eigenvalue weighted by Gasteiger charge is -2.13. The molecule has 0 aliphatic heterocycles. The number of aliphatic carboxylic acids is 1. The Morgan fingerprint density at radius 1 is 1.30 bits per heavy atom. The number of nitrogens with one attached hydrogen (secondary N) is 1. The highest BCUT2D eigenvalue weighted by molar-refractivity contribution is 5.91. The first kappa shape index (κ1) is 14.2. The van der Waals surface area contributed by atoms with E-state index in [0.29, 0.717) is 18.7 Å². The van der Waals surface area contributed by atoms with Crippen molar-refractivity contribution in [3.63, 3.8) is 0 Å². The molecule has 2 rings (SSSR count). The van der Waals surface area contributed by atoms with Crippen molar-refractivity contribution in [1.82, 2.24) is 15.1 Å². The predicted octanol–water partition coefficient (Wildman–Crippen LogP) is 0.844. The molecule has 108 valence electrons. The zero-order chi connectivity index (χ0) is 14.7. The highest BCUT2D eigenvalue weighted by atomic mass is 16.4. The number of aromatic nitrogens is 2. The van der Waals surface area contributed by atoms with Crippen LogP contribution in [0.1, 0.15) is 29.8 Å². The van der Waals surface area contributed by atoms with Gasteiger partial charge in [0, 0.05) is 20.1 Å². The standard InChI is InChI=1S/C13H18N4O3/c1-17(2)12(18)10-5-6-11(16-15-10)14-9-4-3-8(7-9)13(19)20/h5-6,8-9H,3-4,7H2,1-2H3,(H,14,16)(H,19,20)/t8-,9+/m1/s1. The molecule has 7 heteroatoms. The van der Waals surface area contributed by atoms with Crippen molar-refractivity contribution >= 4 is 17.7 Å². The van der Waals surface area contributed by atoms with Crippen molar-refractivity contribution < 1.29 is 14.7 Å². The molecule has 1 amide bonds. The van der Waals surface area contributed by atoms with Gasteiger partial charge in [-0.3, -0.25) is 9.59 Å². The van der Waals surface area contributed by atoms with Gasteiger partial charge in [-0.05, 0) is 31.4 Å². The van der Waals surface area contributed by atoms with E-state index in [0.717, 1.165) is 6.42 Å². The van der Waals surface area contributed by atoms with Crippen LogP contribution in [0.4, 0.5) is 5.82 Å². The number of carbonyl (C=O) groups excluding carboxylic acids is 1. The van der Waals surface area contributed by atoms with Crippen molar-refractivity contribution in [3.8, 4) is 0 Å². The maximum Gasteiger partial charge on any atom is 0.306 e. The summed E-state index contributed by atoms with van der Waals surface area (Å²) in [5.41, 5.74) is 0.287. The Hall–Kier alpha value is -2.18. The number of carboxylic acid groups (broad SMARTS) is 1. The van der Waals surface area contributed by atoms with E-state index in [4.69, 9.17) is 5.11 Å². The lowest BCUT2D eigenvalue weighted by atomic mass is 10.1. The largest absolute Gasteiger partial charge is 0.481 e. The highest BCUT2D eigenvalue weighted by Gasteiger charge is 2.29. The lowest BCUT2D eigenvalue weighted by Crippen LogP contribution is -2.23. The lowest BCUT2D eigenvalue weighted by molar-refractivity contribution is -0.141. The third kappa shape index (κ3) is 3.23. The van der Waals surface area contributed by atoms with E-state index in [2.05, 4.69) is 15.5 Å². The molecule has 1 heterocycles. The number of amides is 1. The van der Waals surface area contributed by atoms with Crippen LogP contribution < -0.4 is 5.32 Å². The van der Waals surface area contributed by atoms with Crippen LogP contribution in [-0.4, -0.2) is 52.2 Å². The van der Waals surface area contributed by atoms with Crippen LogP contribution in [0.2, 0.25) is 0 Å². The first-order valence-electron chi connectivity index (χ1n) is 6.52. The maximum atomic E-state index is 11.7. The van der Waals surface area contributed by atoms with Gasteiger partial charge in [0.05, 0.1) is 5.92 Å². The third-order valence-electron chi connectivity index (χ3n) is 3.42. The SMILES string of the molecule is CN(C)C(=O)c1ccc(N[C@H]2CC[C@@H](C(=O)O)C2)nn1. The first-order valence-corrected chi connectivity index (χ1v) is 6.52. The molecule has 0 radical (unpaired) electrons. The summed E-state index contributed by atoms with van der Waals surface area (Å²) in [6, 6.07) is 3.40. The first-order chi connectivity index (χ1) is 9.47. The van der Waals surface area contributed by atoms with Gasteiger partial charge in [-0.25, -0.2) is 0 Å². The van der Waals surface area contributed by atoms with Crippen LogP contribution in [0.3, 0.4) is 0 Å². The molecule has 20 heavy (non-hydrogen) atoms. The Morgan fingerprint density at radius 3 is 2.55 bits per heavy atom. The fourth-order valence-corrected chi connectivity index (χ4v) is 2.30. The van der Waals surface area contributed by atoms with E-state index in [1.807, 2.05) is 0 Å². The van der Waals surface area contributed by atoms with E-state index in [1.54, 1.807) is 26.2 Å². The van der Waals surface area contributed by atoms with Crippen molar-refractivity contribution in [2.75, 3.05) is 19.4 Å². The van der Waals surface area contributed by atoms with Crippen LogP contribution >= 0.6 is 0 Å². The molecule has 0 bridgehead atoms. The molecule has 1 aliphatic carbocycles. The zero-order valence-corrected chi connectivity index (χ0v) is 11.5. The molecule has 7 nitrogen and oxygen atoms in total. The van der Waals surface area contributed by atoms with E-state index in [9.17, 15) is 9.59 Å². The van der Waals surface area contributed by atoms with Crippen LogP contribution in [0.5, 0.6) is 0 Å². The molecular formula is C13H18N4O3. The molecule has 0 saturated heterocycles. The van der Waals surface area contributed by atoms with Gasteiger partial charge in [-0.2, -0.15) is 0 Å². The zero-order valence-electron chi connectivity index (χ0n) is 11.5. The van der Waals surface area contributed by atoms with E-state index < -0.39 is 5.97 Å². The van der Waals surface area contributed by atoms with Crippen LogP contribution in [0.15, 0.2) is 12.1 Å². The molecule has 1 aromatic heterocycles. The van der Waals surface area contributed by atoms with Crippen molar-refractivity contribution in [3.05, 3.63) is 17.8 Å². The molecule has 1 aliphatic rings. The normalized spacial score (nSPS) is 21.5. The van der Waals surface area contributed by atoms with Gasteiger partial charge in [0.1, 0.15) is 5.82 Å². The topological polar surface area (TPSA) is 95.4 Å². The fourth-order valence-electron chi connectivity index (χ4n) is 2.30. The fraction of sp³-hybridized carbons (Fsp3) is 0.538. The van der Waals surface area contributed by atoms with Gasteiger partial charge in [0.2, 0.25) is 0 Å². The van der Waals surface area contributed by atoms with Gasteiger partial charge in [0.15, 0.2) is 5.69 Å². The molecule has 2 N–H and O–H groups in total. The predicted molar refractivity (Wildman–Crippen MR) is 72.4 cm³/mol. The van der Waals surface area contributed by atoms with Crippen molar-refractivity contribution in [2.45, 2.75) is 25.3 Å². The number of hydrogen-bond acceptors (Lipinski definition) is 5. The minimum Gasteiger partial charge on any atom is -0.481 e. The summed E-state index contributed by atoms with van der Waals surface area (Å²) in [4.78, 5) is 24.0. The number of rotatable bonds is 4. The Labute approximate surface area is 117 Å². The molecule has 1 aromatic rings. The van der Waals surface area contributed by atoms with E-state index >= 15 is 0 Å². The van der Waals surface area contributed by atoms with Crippen LogP contribution in [0.25, 0.3) is 0 Å². The summed E-state index contributed by atoms with van der Waals surface area (Å²) in [6.07, 6.45) is 2.07. The number of carbonyl (C=O) groups is 2. The average molecular weight is 278 g/mol. The Bertz CT molecular complexity index is 501. The van der Waals surface area contributed by atoms with Gasteiger partial charge in [0.25, 0.3) is 5.91 Å². The smallest absolute Gasteiger partial charge is 0.306 e. The third-order valence-corrected chi connectivity index (χ3v) is 3.42. The summed E-state index contributed by atoms with van der Waals surface area (Å²) in [6.45, 7) is 0. The molecule has 2 atom stereocenters. The van der Waals surface area contributed by atoms with Gasteiger partial charge in [-0.1, -0.05) is 0 Å². The monoisotopic (exact) mass is 278 g/mol. The van der Waals surface area contributed by atoms with E-state index in [-0.39, 0.29) is 23.6 Å². The summed E-state index contributed by atoms with van der Waals surface area (Å²) in [5.74, 6) is -0.658. The quantitative estimate of drug-likeness (QED) is 0.847. The molecule has 0 unspecified atom stereocenters. The van der Waals surface area contributed by atoms with Crippen molar-refractivity contribution in [1.29, 1.82) is 0 Å². The summed E-state index contributed by atoms with van der Waals surface area (Å²) < 4.78 is 0. The number of nitrogens with zero attached hydrogens (tertiary/aromatic N) is 3. The summed E-state index contributed by atoms with van der Waals surface area (Å²) in [7, 11) is 3.31. The van der Waals surface area contributed by atoms with Gasteiger partial charge in [-0.15, -0.1) is 10.2 Å². The minimum absolute atomic E-state index is 0.0980. The molecule has 1 fully saturated rings. The second-order valence-corrected chi connectivity index (χ2v) is 5.19. The maximum absolute atomic E-state index is 11.7. The number of anilines is 1. The molecule has 0 spiro atoms. The summed E-state index contributed by atoms with van der Waals surface area (Å²) >= 11 is 0. The van der Waals surface area contributed by atoms with Gasteiger partial charge < -0.3 is 15.3 Å². The number of carboxylic acids is 1. The second-order valence-electron chi connectivity index (χ2n) is 5.19. The Kier molecular flexibility index (Phi) is 4.16. The number of hydrogen-bond donors (Lipinski definition) is 2. The van der Waals surface area contributed by atoms with E-state index in [1.165, 1.54) is 4.90 Å². The molecule has 0 aromatic carbocycles. The highest BCUT2D eigenvalue weighted by Crippen LogP contribution is 2.27. The Balaban J connectivity index is 1.95. The Morgan fingerprint density at radius 2 is 2.05 bits per heavy atom. The minimum atomic E-state index is -0.743. The second kappa shape index (κ2) is 5.85. The average Bonchev–Trinajstić information content (AvgIpc) is 2.87. The van der Waals surface area contributed by atoms with Gasteiger partial charge >= 0.3 is 5.97 Å².